The fourth-order valence-electron chi connectivity index (χ4n) is 3.38. The molecule has 1 aromatic carbocycles. The molecular weight excluding hydrogens is 372 g/mol. The Kier molecular flexibility index (Phi) is 6.82. The molecule has 2 aliphatic rings. The van der Waals surface area contributed by atoms with Crippen LogP contribution < -0.4 is 15.8 Å². The standard InChI is InChI=1S/C20H28N6O3/c1-3-21-17(27)14-24-9-4-10-25(12-11-24)20(29)19-22-13-18(28)26(23-19)16-7-5-15(2)6-8-16/h5-8H,3-4,9-14H2,1-2H3,(H,21,27)(H,22,23). The Balaban J connectivity index is 1.61. The van der Waals surface area contributed by atoms with Crippen molar-refractivity contribution >= 4 is 29.2 Å². The van der Waals surface area contributed by atoms with Gasteiger partial charge in [0, 0.05) is 32.7 Å². The quantitative estimate of drug-likeness (QED) is 0.720. The van der Waals surface area contributed by atoms with Crippen molar-refractivity contribution in [1.82, 2.24) is 20.5 Å². The van der Waals surface area contributed by atoms with Gasteiger partial charge in [0.25, 0.3) is 11.8 Å². The average molecular weight is 400 g/mol. The van der Waals surface area contributed by atoms with E-state index in [-0.39, 0.29) is 30.1 Å². The maximum Gasteiger partial charge on any atom is 0.290 e. The van der Waals surface area contributed by atoms with Gasteiger partial charge in [-0.1, -0.05) is 17.7 Å². The molecular formula is C20H28N6O3. The minimum absolute atomic E-state index is 0.00199. The fraction of sp³-hybridized carbons (Fsp3) is 0.500. The normalized spacial score (nSPS) is 18.0. The van der Waals surface area contributed by atoms with Crippen molar-refractivity contribution in [2.24, 2.45) is 4.99 Å². The van der Waals surface area contributed by atoms with Crippen LogP contribution in [0.1, 0.15) is 18.9 Å². The summed E-state index contributed by atoms with van der Waals surface area (Å²) in [5.41, 5.74) is 4.64. The van der Waals surface area contributed by atoms with Crippen molar-refractivity contribution < 1.29 is 14.4 Å². The van der Waals surface area contributed by atoms with Crippen LogP contribution in [-0.2, 0) is 14.4 Å². The van der Waals surface area contributed by atoms with Gasteiger partial charge in [-0.3, -0.25) is 29.7 Å². The van der Waals surface area contributed by atoms with Gasteiger partial charge in [0.2, 0.25) is 11.7 Å². The molecule has 0 atom stereocenters. The molecule has 2 heterocycles. The Morgan fingerprint density at radius 2 is 1.90 bits per heavy atom. The number of aryl methyl sites for hydroxylation is 1. The van der Waals surface area contributed by atoms with E-state index < -0.39 is 0 Å². The zero-order valence-corrected chi connectivity index (χ0v) is 17.0. The third-order valence-corrected chi connectivity index (χ3v) is 4.95. The smallest absolute Gasteiger partial charge is 0.290 e. The van der Waals surface area contributed by atoms with E-state index in [2.05, 4.69) is 20.6 Å². The highest BCUT2D eigenvalue weighted by Crippen LogP contribution is 2.15. The highest BCUT2D eigenvalue weighted by molar-refractivity contribution is 6.39. The molecule has 3 rings (SSSR count). The van der Waals surface area contributed by atoms with E-state index >= 15 is 0 Å². The zero-order chi connectivity index (χ0) is 20.8. The third-order valence-electron chi connectivity index (χ3n) is 4.95. The van der Waals surface area contributed by atoms with E-state index in [1.807, 2.05) is 38.1 Å². The summed E-state index contributed by atoms with van der Waals surface area (Å²) in [4.78, 5) is 45.0. The first-order valence-electron chi connectivity index (χ1n) is 9.97. The SMILES string of the molecule is CCNC(=O)CN1CCCN(C(=O)C2=NCC(=O)N(c3ccc(C)cc3)N2)CC1. The van der Waals surface area contributed by atoms with Crippen LogP contribution in [0.15, 0.2) is 29.3 Å². The lowest BCUT2D eigenvalue weighted by Crippen LogP contribution is -2.56. The van der Waals surface area contributed by atoms with E-state index in [0.29, 0.717) is 38.4 Å². The summed E-state index contributed by atoms with van der Waals surface area (Å²) in [5.74, 6) is -0.274. The predicted octanol–water partition coefficient (Wildman–Crippen LogP) is -0.0849. The van der Waals surface area contributed by atoms with Crippen LogP contribution in [0, 0.1) is 6.92 Å². The van der Waals surface area contributed by atoms with Crippen molar-refractivity contribution in [2.75, 3.05) is 50.8 Å². The second-order valence-electron chi connectivity index (χ2n) is 7.22. The monoisotopic (exact) mass is 400 g/mol. The van der Waals surface area contributed by atoms with Gasteiger partial charge in [0.1, 0.15) is 6.54 Å². The number of hydrazine groups is 1. The van der Waals surface area contributed by atoms with Crippen LogP contribution in [0.4, 0.5) is 5.69 Å². The number of nitrogens with one attached hydrogen (secondary N) is 2. The molecule has 1 saturated heterocycles. The van der Waals surface area contributed by atoms with Crippen molar-refractivity contribution in [3.8, 4) is 0 Å². The topological polar surface area (TPSA) is 97.4 Å². The number of rotatable bonds is 5. The third kappa shape index (κ3) is 5.32. The summed E-state index contributed by atoms with van der Waals surface area (Å²) in [6, 6.07) is 7.49. The molecule has 3 amide bonds. The van der Waals surface area contributed by atoms with Crippen molar-refractivity contribution in [2.45, 2.75) is 20.3 Å². The van der Waals surface area contributed by atoms with Crippen LogP contribution in [-0.4, -0.2) is 79.2 Å². The molecule has 0 aromatic heterocycles. The number of amidine groups is 1. The lowest BCUT2D eigenvalue weighted by molar-refractivity contribution is -0.124. The van der Waals surface area contributed by atoms with Crippen LogP contribution in [0.5, 0.6) is 0 Å². The first-order valence-corrected chi connectivity index (χ1v) is 9.97. The molecule has 0 bridgehead atoms. The Morgan fingerprint density at radius 3 is 2.62 bits per heavy atom. The number of benzene rings is 1. The molecule has 156 valence electrons. The lowest BCUT2D eigenvalue weighted by atomic mass is 10.2. The van der Waals surface area contributed by atoms with E-state index in [1.165, 1.54) is 5.01 Å². The van der Waals surface area contributed by atoms with Gasteiger partial charge >= 0.3 is 0 Å². The average Bonchev–Trinajstić information content (AvgIpc) is 2.94. The zero-order valence-electron chi connectivity index (χ0n) is 17.0. The molecule has 29 heavy (non-hydrogen) atoms. The summed E-state index contributed by atoms with van der Waals surface area (Å²) in [6.45, 7) is 7.22. The molecule has 0 radical (unpaired) electrons. The molecule has 2 N–H and O–H groups in total. The summed E-state index contributed by atoms with van der Waals surface area (Å²) in [5, 5.41) is 4.17. The van der Waals surface area contributed by atoms with E-state index in [4.69, 9.17) is 0 Å². The highest BCUT2D eigenvalue weighted by atomic mass is 16.2. The number of carbonyl (C=O) groups excluding carboxylic acids is 3. The summed E-state index contributed by atoms with van der Waals surface area (Å²) >= 11 is 0. The number of likely N-dealkylation sites (N-methyl/N-ethyl adjacent to an activating group) is 1. The molecule has 1 fully saturated rings. The van der Waals surface area contributed by atoms with Gasteiger partial charge in [-0.2, -0.15) is 0 Å². The molecule has 0 unspecified atom stereocenters. The minimum atomic E-state index is -0.227. The Morgan fingerprint density at radius 1 is 1.14 bits per heavy atom. The fourth-order valence-corrected chi connectivity index (χ4v) is 3.38. The number of nitrogens with zero attached hydrogens (tertiary/aromatic N) is 4. The molecule has 0 saturated carbocycles. The molecule has 2 aliphatic heterocycles. The Bertz CT molecular complexity index is 792. The number of aliphatic imine (C=N–C) groups is 1. The molecule has 0 spiro atoms. The summed E-state index contributed by atoms with van der Waals surface area (Å²) < 4.78 is 0. The minimum Gasteiger partial charge on any atom is -0.355 e. The maximum atomic E-state index is 13.0. The van der Waals surface area contributed by atoms with Crippen LogP contribution in [0.2, 0.25) is 0 Å². The first kappa shape index (κ1) is 20.8. The molecule has 9 heteroatoms. The second kappa shape index (κ2) is 9.51. The van der Waals surface area contributed by atoms with Gasteiger partial charge < -0.3 is 10.2 Å². The number of carbonyl (C=O) groups is 3. The van der Waals surface area contributed by atoms with Gasteiger partial charge in [-0.15, -0.1) is 0 Å². The molecule has 0 aliphatic carbocycles. The summed E-state index contributed by atoms with van der Waals surface area (Å²) in [6.07, 6.45) is 0.777. The van der Waals surface area contributed by atoms with Crippen molar-refractivity contribution in [3.05, 3.63) is 29.8 Å². The van der Waals surface area contributed by atoms with Gasteiger partial charge in [0.05, 0.1) is 12.2 Å². The van der Waals surface area contributed by atoms with E-state index in [1.54, 1.807) is 4.90 Å². The van der Waals surface area contributed by atoms with Crippen LogP contribution in [0.3, 0.4) is 0 Å². The van der Waals surface area contributed by atoms with Crippen molar-refractivity contribution in [1.29, 1.82) is 0 Å². The second-order valence-corrected chi connectivity index (χ2v) is 7.22. The van der Waals surface area contributed by atoms with E-state index in [0.717, 1.165) is 18.5 Å². The van der Waals surface area contributed by atoms with Gasteiger partial charge in [-0.25, -0.2) is 5.01 Å². The first-order chi connectivity index (χ1) is 14.0. The Labute approximate surface area is 170 Å². The van der Waals surface area contributed by atoms with Crippen LogP contribution in [0.25, 0.3) is 0 Å². The number of amides is 3. The van der Waals surface area contributed by atoms with Gasteiger partial charge in [-0.05, 0) is 32.4 Å². The molecule has 1 aromatic rings. The van der Waals surface area contributed by atoms with Crippen LogP contribution >= 0.6 is 0 Å². The van der Waals surface area contributed by atoms with E-state index in [9.17, 15) is 14.4 Å². The lowest BCUT2D eigenvalue weighted by Gasteiger charge is -2.30. The number of hydrogen-bond donors (Lipinski definition) is 2. The predicted molar refractivity (Wildman–Crippen MR) is 110 cm³/mol. The highest BCUT2D eigenvalue weighted by Gasteiger charge is 2.29. The van der Waals surface area contributed by atoms with Crippen molar-refractivity contribution in [3.63, 3.8) is 0 Å². The Hall–Kier alpha value is -2.94. The largest absolute Gasteiger partial charge is 0.355 e. The summed E-state index contributed by atoms with van der Waals surface area (Å²) in [7, 11) is 0. The molecule has 9 nitrogen and oxygen atoms in total. The maximum absolute atomic E-state index is 13.0. The number of anilines is 1. The number of hydrogen-bond acceptors (Lipinski definition) is 6. The van der Waals surface area contributed by atoms with Gasteiger partial charge in [0.15, 0.2) is 0 Å².